The second kappa shape index (κ2) is 5.07. The van der Waals surface area contributed by atoms with Crippen molar-refractivity contribution in [3.63, 3.8) is 0 Å². The van der Waals surface area contributed by atoms with E-state index in [2.05, 4.69) is 15.2 Å². The standard InChI is InChI=1S/C13H17N5O2/c1-9-15-12(20-16-9)10-4-3-7-18(8-10)13(19)11-5-6-14-17(11)2/h5-6,10H,3-4,7-8H2,1-2H3. The Hall–Kier alpha value is -2.18. The quantitative estimate of drug-likeness (QED) is 0.821. The van der Waals surface area contributed by atoms with Crippen molar-refractivity contribution in [2.24, 2.45) is 7.05 Å². The lowest BCUT2D eigenvalue weighted by Crippen LogP contribution is -2.40. The Labute approximate surface area is 116 Å². The van der Waals surface area contributed by atoms with Crippen LogP contribution in [-0.4, -0.2) is 43.8 Å². The zero-order chi connectivity index (χ0) is 14.1. The molecule has 1 fully saturated rings. The molecule has 0 bridgehead atoms. The molecule has 0 radical (unpaired) electrons. The summed E-state index contributed by atoms with van der Waals surface area (Å²) < 4.78 is 6.83. The summed E-state index contributed by atoms with van der Waals surface area (Å²) in [6.45, 7) is 3.17. The summed E-state index contributed by atoms with van der Waals surface area (Å²) in [6.07, 6.45) is 3.54. The lowest BCUT2D eigenvalue weighted by molar-refractivity contribution is 0.0684. The van der Waals surface area contributed by atoms with Crippen LogP contribution in [0.5, 0.6) is 0 Å². The first-order valence-electron chi connectivity index (χ1n) is 6.72. The van der Waals surface area contributed by atoms with E-state index in [4.69, 9.17) is 4.52 Å². The smallest absolute Gasteiger partial charge is 0.272 e. The molecule has 1 aliphatic rings. The van der Waals surface area contributed by atoms with Crippen molar-refractivity contribution in [1.29, 1.82) is 0 Å². The second-order valence-electron chi connectivity index (χ2n) is 5.11. The van der Waals surface area contributed by atoms with Crippen molar-refractivity contribution in [3.05, 3.63) is 29.7 Å². The van der Waals surface area contributed by atoms with Crippen molar-refractivity contribution >= 4 is 5.91 Å². The predicted molar refractivity (Wildman–Crippen MR) is 70.1 cm³/mol. The van der Waals surface area contributed by atoms with Crippen molar-refractivity contribution in [1.82, 2.24) is 24.8 Å². The van der Waals surface area contributed by atoms with E-state index >= 15 is 0 Å². The Morgan fingerprint density at radius 2 is 2.35 bits per heavy atom. The Balaban J connectivity index is 1.75. The van der Waals surface area contributed by atoms with Crippen LogP contribution in [0.1, 0.15) is 41.0 Å². The van der Waals surface area contributed by atoms with Gasteiger partial charge in [-0.3, -0.25) is 9.48 Å². The van der Waals surface area contributed by atoms with Gasteiger partial charge in [0, 0.05) is 26.3 Å². The molecule has 2 aromatic heterocycles. The van der Waals surface area contributed by atoms with Gasteiger partial charge in [0.25, 0.3) is 5.91 Å². The maximum Gasteiger partial charge on any atom is 0.272 e. The zero-order valence-corrected chi connectivity index (χ0v) is 11.6. The van der Waals surface area contributed by atoms with Crippen molar-refractivity contribution < 1.29 is 9.32 Å². The summed E-state index contributed by atoms with van der Waals surface area (Å²) in [6, 6.07) is 1.74. The molecule has 0 aromatic carbocycles. The number of nitrogens with zero attached hydrogens (tertiary/aromatic N) is 5. The Kier molecular flexibility index (Phi) is 3.25. The third-order valence-electron chi connectivity index (χ3n) is 3.64. The van der Waals surface area contributed by atoms with Gasteiger partial charge in [0.2, 0.25) is 5.89 Å². The number of amides is 1. The number of piperidine rings is 1. The number of aromatic nitrogens is 4. The summed E-state index contributed by atoms with van der Waals surface area (Å²) >= 11 is 0. The first-order chi connectivity index (χ1) is 9.65. The molecule has 3 heterocycles. The normalized spacial score (nSPS) is 19.3. The molecular formula is C13H17N5O2. The lowest BCUT2D eigenvalue weighted by Gasteiger charge is -2.30. The molecule has 3 rings (SSSR count). The highest BCUT2D eigenvalue weighted by Gasteiger charge is 2.29. The molecule has 0 saturated carbocycles. The number of carbonyl (C=O) groups is 1. The molecular weight excluding hydrogens is 258 g/mol. The van der Waals surface area contributed by atoms with E-state index in [1.54, 1.807) is 30.9 Å². The first kappa shape index (κ1) is 12.8. The van der Waals surface area contributed by atoms with Crippen LogP contribution in [0.15, 0.2) is 16.8 Å². The van der Waals surface area contributed by atoms with Crippen LogP contribution in [0.3, 0.4) is 0 Å². The summed E-state index contributed by atoms with van der Waals surface area (Å²) in [5.41, 5.74) is 0.604. The van der Waals surface area contributed by atoms with Gasteiger partial charge in [0.1, 0.15) is 5.69 Å². The SMILES string of the molecule is Cc1noc(C2CCCN(C(=O)c3ccnn3C)C2)n1. The topological polar surface area (TPSA) is 77.0 Å². The lowest BCUT2D eigenvalue weighted by atomic mass is 9.97. The highest BCUT2D eigenvalue weighted by atomic mass is 16.5. The Morgan fingerprint density at radius 1 is 1.50 bits per heavy atom. The van der Waals surface area contributed by atoms with Crippen molar-refractivity contribution in [3.8, 4) is 0 Å². The minimum atomic E-state index is 0.00550. The van der Waals surface area contributed by atoms with Crippen LogP contribution in [-0.2, 0) is 7.05 Å². The van der Waals surface area contributed by atoms with Gasteiger partial charge in [-0.15, -0.1) is 0 Å². The average molecular weight is 275 g/mol. The van der Waals surface area contributed by atoms with E-state index in [-0.39, 0.29) is 11.8 Å². The number of likely N-dealkylation sites (tertiary alicyclic amines) is 1. The number of hydrogen-bond donors (Lipinski definition) is 0. The zero-order valence-electron chi connectivity index (χ0n) is 11.6. The Bertz CT molecular complexity index is 618. The fourth-order valence-electron chi connectivity index (χ4n) is 2.59. The van der Waals surface area contributed by atoms with Gasteiger partial charge in [0.15, 0.2) is 5.82 Å². The van der Waals surface area contributed by atoms with Gasteiger partial charge in [-0.1, -0.05) is 5.16 Å². The average Bonchev–Trinajstić information content (AvgIpc) is 3.07. The minimum Gasteiger partial charge on any atom is -0.339 e. The largest absolute Gasteiger partial charge is 0.339 e. The van der Waals surface area contributed by atoms with Crippen LogP contribution >= 0.6 is 0 Å². The molecule has 1 atom stereocenters. The number of carbonyl (C=O) groups excluding carboxylic acids is 1. The predicted octanol–water partition coefficient (Wildman–Crippen LogP) is 1.13. The molecule has 0 N–H and O–H groups in total. The molecule has 20 heavy (non-hydrogen) atoms. The van der Waals surface area contributed by atoms with Crippen molar-refractivity contribution in [2.75, 3.05) is 13.1 Å². The summed E-state index contributed by atoms with van der Waals surface area (Å²) in [5.74, 6) is 1.40. The van der Waals surface area contributed by atoms with Crippen molar-refractivity contribution in [2.45, 2.75) is 25.7 Å². The highest BCUT2D eigenvalue weighted by Crippen LogP contribution is 2.26. The molecule has 0 aliphatic carbocycles. The molecule has 106 valence electrons. The fourth-order valence-corrected chi connectivity index (χ4v) is 2.59. The molecule has 1 aliphatic heterocycles. The van der Waals surface area contributed by atoms with Gasteiger partial charge in [-0.2, -0.15) is 10.1 Å². The van der Waals surface area contributed by atoms with Gasteiger partial charge in [-0.25, -0.2) is 0 Å². The van der Waals surface area contributed by atoms with E-state index in [0.29, 0.717) is 24.0 Å². The van der Waals surface area contributed by atoms with Crippen LogP contribution in [0.4, 0.5) is 0 Å². The van der Waals surface area contributed by atoms with Gasteiger partial charge >= 0.3 is 0 Å². The number of hydrogen-bond acceptors (Lipinski definition) is 5. The summed E-state index contributed by atoms with van der Waals surface area (Å²) in [5, 5.41) is 7.86. The van der Waals surface area contributed by atoms with Crippen LogP contribution in [0.2, 0.25) is 0 Å². The fraction of sp³-hybridized carbons (Fsp3) is 0.538. The second-order valence-corrected chi connectivity index (χ2v) is 5.11. The monoisotopic (exact) mass is 275 g/mol. The van der Waals surface area contributed by atoms with Gasteiger partial charge < -0.3 is 9.42 Å². The molecule has 1 saturated heterocycles. The number of rotatable bonds is 2. The van der Waals surface area contributed by atoms with E-state index in [0.717, 1.165) is 19.4 Å². The maximum atomic E-state index is 12.5. The third kappa shape index (κ3) is 2.31. The van der Waals surface area contributed by atoms with Crippen LogP contribution in [0, 0.1) is 6.92 Å². The van der Waals surface area contributed by atoms with E-state index in [1.165, 1.54) is 0 Å². The number of aryl methyl sites for hydroxylation is 2. The van der Waals surface area contributed by atoms with E-state index < -0.39 is 0 Å². The third-order valence-corrected chi connectivity index (χ3v) is 3.64. The molecule has 7 nitrogen and oxygen atoms in total. The van der Waals surface area contributed by atoms with Crippen LogP contribution in [0.25, 0.3) is 0 Å². The molecule has 2 aromatic rings. The van der Waals surface area contributed by atoms with E-state index in [1.807, 2.05) is 4.90 Å². The van der Waals surface area contributed by atoms with Gasteiger partial charge in [-0.05, 0) is 25.8 Å². The highest BCUT2D eigenvalue weighted by molar-refractivity contribution is 5.92. The maximum absolute atomic E-state index is 12.5. The van der Waals surface area contributed by atoms with E-state index in [9.17, 15) is 4.79 Å². The summed E-state index contributed by atoms with van der Waals surface area (Å²) in [4.78, 5) is 18.6. The molecule has 1 unspecified atom stereocenters. The molecule has 1 amide bonds. The molecule has 7 heteroatoms. The van der Waals surface area contributed by atoms with Gasteiger partial charge in [0.05, 0.1) is 5.92 Å². The van der Waals surface area contributed by atoms with Crippen LogP contribution < -0.4 is 0 Å². The minimum absolute atomic E-state index is 0.00550. The first-order valence-corrected chi connectivity index (χ1v) is 6.72. The molecule has 0 spiro atoms. The summed E-state index contributed by atoms with van der Waals surface area (Å²) in [7, 11) is 1.77. The Morgan fingerprint density at radius 3 is 3.00 bits per heavy atom.